The maximum absolute atomic E-state index is 13.5. The first-order chi connectivity index (χ1) is 16.8. The van der Waals surface area contributed by atoms with Crippen molar-refractivity contribution in [2.75, 3.05) is 17.1 Å². The topological polar surface area (TPSA) is 113 Å². The number of fused-ring (bicyclic) bond motifs is 1. The smallest absolute Gasteiger partial charge is 0.313 e. The molecule has 3 N–H and O–H groups in total. The Kier molecular flexibility index (Phi) is 7.76. The number of phenolic OH excluding ortho intramolecular Hbond substituents is 1. The molecule has 0 aromatic heterocycles. The molecule has 186 valence electrons. The van der Waals surface area contributed by atoms with Gasteiger partial charge in [-0.25, -0.2) is 8.42 Å². The van der Waals surface area contributed by atoms with Crippen LogP contribution in [0.5, 0.6) is 11.5 Å². The van der Waals surface area contributed by atoms with Gasteiger partial charge in [0.2, 0.25) is 0 Å². The Morgan fingerprint density at radius 2 is 1.80 bits per heavy atom. The zero-order valence-corrected chi connectivity index (χ0v) is 21.1. The zero-order valence-electron chi connectivity index (χ0n) is 19.5. The second-order valence-electron chi connectivity index (χ2n) is 8.57. The van der Waals surface area contributed by atoms with E-state index in [1.54, 1.807) is 42.5 Å². The number of thioether (sulfide) groups is 1. The van der Waals surface area contributed by atoms with Crippen LogP contribution in [0.15, 0.2) is 58.3 Å². The number of sulfonamides is 1. The van der Waals surface area contributed by atoms with Gasteiger partial charge in [0.25, 0.3) is 10.0 Å². The van der Waals surface area contributed by atoms with Crippen molar-refractivity contribution in [1.82, 2.24) is 0 Å². The van der Waals surface area contributed by atoms with Crippen molar-refractivity contribution < 1.29 is 28.2 Å². The number of hydrogen-bond acceptors (Lipinski definition) is 6. The molecule has 0 radical (unpaired) electrons. The van der Waals surface area contributed by atoms with Crippen LogP contribution in [0.25, 0.3) is 10.8 Å². The number of aromatic hydroxyl groups is 1. The summed E-state index contributed by atoms with van der Waals surface area (Å²) in [6.07, 6.45) is 5.42. The van der Waals surface area contributed by atoms with Crippen LogP contribution in [0, 0.1) is 0 Å². The Morgan fingerprint density at radius 3 is 2.49 bits per heavy atom. The SMILES string of the molecule is CCOc1ccc(S(=O)(=O)Nc2cc(SCC(=O)O)c(O)c3ccccc23)cc1C1CCCCC1. The van der Waals surface area contributed by atoms with Crippen LogP contribution in [-0.2, 0) is 14.8 Å². The average molecular weight is 516 g/mol. The second-order valence-corrected chi connectivity index (χ2v) is 11.3. The number of benzene rings is 3. The van der Waals surface area contributed by atoms with Gasteiger partial charge in [0, 0.05) is 10.8 Å². The van der Waals surface area contributed by atoms with Crippen LogP contribution < -0.4 is 9.46 Å². The Morgan fingerprint density at radius 1 is 1.09 bits per heavy atom. The first-order valence-electron chi connectivity index (χ1n) is 11.7. The zero-order chi connectivity index (χ0) is 25.0. The summed E-state index contributed by atoms with van der Waals surface area (Å²) in [4.78, 5) is 11.5. The summed E-state index contributed by atoms with van der Waals surface area (Å²) in [6.45, 7) is 2.41. The average Bonchev–Trinajstić information content (AvgIpc) is 2.85. The molecule has 1 saturated carbocycles. The van der Waals surface area contributed by atoms with Crippen molar-refractivity contribution in [2.24, 2.45) is 0 Å². The summed E-state index contributed by atoms with van der Waals surface area (Å²) in [7, 11) is -3.97. The lowest BCUT2D eigenvalue weighted by atomic mass is 9.84. The highest BCUT2D eigenvalue weighted by molar-refractivity contribution is 8.00. The highest BCUT2D eigenvalue weighted by atomic mass is 32.2. The van der Waals surface area contributed by atoms with Crippen molar-refractivity contribution in [3.63, 3.8) is 0 Å². The molecule has 3 aromatic carbocycles. The van der Waals surface area contributed by atoms with Crippen LogP contribution in [0.4, 0.5) is 5.69 Å². The van der Waals surface area contributed by atoms with E-state index in [9.17, 15) is 18.3 Å². The van der Waals surface area contributed by atoms with Crippen LogP contribution in [0.1, 0.15) is 50.5 Å². The highest BCUT2D eigenvalue weighted by Crippen LogP contribution is 2.42. The minimum atomic E-state index is -3.97. The summed E-state index contributed by atoms with van der Waals surface area (Å²) in [5, 5.41) is 20.7. The quantitative estimate of drug-likeness (QED) is 0.238. The molecule has 4 rings (SSSR count). The number of carboxylic acids is 1. The fourth-order valence-corrected chi connectivity index (χ4v) is 6.42. The Bertz CT molecular complexity index is 1330. The van der Waals surface area contributed by atoms with E-state index in [0.717, 1.165) is 48.8 Å². The molecule has 9 heteroatoms. The fourth-order valence-electron chi connectivity index (χ4n) is 4.59. The minimum Gasteiger partial charge on any atom is -0.506 e. The standard InChI is InChI=1S/C26H29NO6S2/c1-2-33-23-13-12-18(14-21(23)17-8-4-3-5-9-17)35(31,32)27-22-15-24(34-16-25(28)29)26(30)20-11-7-6-10-19(20)22/h6-7,10-15,17,27,30H,2-5,8-9,16H2,1H3,(H,28,29). The summed E-state index contributed by atoms with van der Waals surface area (Å²) in [5.41, 5.74) is 1.20. The Hall–Kier alpha value is -2.91. The van der Waals surface area contributed by atoms with Gasteiger partial charge in [-0.1, -0.05) is 43.5 Å². The van der Waals surface area contributed by atoms with Gasteiger partial charge in [0.05, 0.1) is 27.8 Å². The number of hydrogen-bond donors (Lipinski definition) is 3. The number of aliphatic carboxylic acids is 1. The van der Waals surface area contributed by atoms with Crippen molar-refractivity contribution >= 4 is 44.2 Å². The summed E-state index contributed by atoms with van der Waals surface area (Å²) < 4.78 is 35.5. The van der Waals surface area contributed by atoms with Gasteiger partial charge in [0.1, 0.15) is 11.5 Å². The van der Waals surface area contributed by atoms with E-state index in [1.165, 1.54) is 12.5 Å². The molecule has 0 unspecified atom stereocenters. The number of ether oxygens (including phenoxy) is 1. The van der Waals surface area contributed by atoms with Gasteiger partial charge < -0.3 is 14.9 Å². The first-order valence-corrected chi connectivity index (χ1v) is 14.2. The number of carbonyl (C=O) groups is 1. The minimum absolute atomic E-state index is 0.0737. The van der Waals surface area contributed by atoms with Crippen LogP contribution in [0.3, 0.4) is 0 Å². The van der Waals surface area contributed by atoms with Gasteiger partial charge in [0.15, 0.2) is 0 Å². The van der Waals surface area contributed by atoms with Crippen LogP contribution in [-0.4, -0.2) is 37.0 Å². The molecule has 35 heavy (non-hydrogen) atoms. The maximum atomic E-state index is 13.5. The number of nitrogens with one attached hydrogen (secondary N) is 1. The highest BCUT2D eigenvalue weighted by Gasteiger charge is 2.24. The number of anilines is 1. The molecule has 0 atom stereocenters. The lowest BCUT2D eigenvalue weighted by molar-refractivity contribution is -0.133. The summed E-state index contributed by atoms with van der Waals surface area (Å²) in [5.74, 6) is -0.388. The van der Waals surface area contributed by atoms with Gasteiger partial charge >= 0.3 is 5.97 Å². The molecule has 0 heterocycles. The Labute approximate surface area is 209 Å². The third-order valence-electron chi connectivity index (χ3n) is 6.21. The number of carboxylic acid groups (broad SMARTS) is 1. The van der Waals surface area contributed by atoms with Gasteiger partial charge in [-0.3, -0.25) is 9.52 Å². The molecule has 0 bridgehead atoms. The van der Waals surface area contributed by atoms with E-state index in [0.29, 0.717) is 22.3 Å². The third kappa shape index (κ3) is 5.67. The predicted octanol–water partition coefficient (Wildman–Crippen LogP) is 5.97. The molecule has 0 saturated heterocycles. The third-order valence-corrected chi connectivity index (χ3v) is 8.59. The van der Waals surface area contributed by atoms with E-state index < -0.39 is 16.0 Å². The van der Waals surface area contributed by atoms with E-state index in [-0.39, 0.29) is 28.0 Å². The van der Waals surface area contributed by atoms with Crippen molar-refractivity contribution in [3.8, 4) is 11.5 Å². The molecule has 0 spiro atoms. The second kappa shape index (κ2) is 10.8. The largest absolute Gasteiger partial charge is 0.506 e. The summed E-state index contributed by atoms with van der Waals surface area (Å²) >= 11 is 0.934. The van der Waals surface area contributed by atoms with Crippen LogP contribution in [0.2, 0.25) is 0 Å². The molecule has 1 fully saturated rings. The van der Waals surface area contributed by atoms with Crippen molar-refractivity contribution in [1.29, 1.82) is 0 Å². The Balaban J connectivity index is 1.74. The molecular weight excluding hydrogens is 486 g/mol. The van der Waals surface area contributed by atoms with E-state index in [1.807, 2.05) is 6.92 Å². The van der Waals surface area contributed by atoms with Crippen molar-refractivity contribution in [2.45, 2.75) is 54.7 Å². The number of rotatable bonds is 9. The van der Waals surface area contributed by atoms with Crippen LogP contribution >= 0.6 is 11.8 Å². The molecule has 1 aliphatic rings. The van der Waals surface area contributed by atoms with E-state index >= 15 is 0 Å². The molecule has 1 aliphatic carbocycles. The van der Waals surface area contributed by atoms with Gasteiger partial charge in [-0.15, -0.1) is 11.8 Å². The predicted molar refractivity (Wildman–Crippen MR) is 138 cm³/mol. The molecule has 0 amide bonds. The summed E-state index contributed by atoms with van der Waals surface area (Å²) in [6, 6.07) is 13.3. The molecular formula is C26H29NO6S2. The van der Waals surface area contributed by atoms with E-state index in [2.05, 4.69) is 4.72 Å². The normalized spacial score (nSPS) is 14.7. The lowest BCUT2D eigenvalue weighted by Crippen LogP contribution is -2.15. The molecule has 0 aliphatic heterocycles. The monoisotopic (exact) mass is 515 g/mol. The first kappa shape index (κ1) is 25.2. The lowest BCUT2D eigenvalue weighted by Gasteiger charge is -2.25. The fraction of sp³-hybridized carbons (Fsp3) is 0.346. The number of phenols is 1. The van der Waals surface area contributed by atoms with Gasteiger partial charge in [-0.05, 0) is 55.5 Å². The van der Waals surface area contributed by atoms with E-state index in [4.69, 9.17) is 9.84 Å². The van der Waals surface area contributed by atoms with Gasteiger partial charge in [-0.2, -0.15) is 0 Å². The van der Waals surface area contributed by atoms with Crippen molar-refractivity contribution in [3.05, 3.63) is 54.1 Å². The molecule has 3 aromatic rings. The molecule has 7 nitrogen and oxygen atoms in total. The maximum Gasteiger partial charge on any atom is 0.313 e.